The molecule has 2 aromatic rings. The molecule has 8 heteroatoms. The maximum Gasteiger partial charge on any atom is 0.240 e. The van der Waals surface area contributed by atoms with E-state index in [1.165, 1.54) is 12.1 Å². The topological polar surface area (TPSA) is 97.1 Å². The molecule has 0 aliphatic heterocycles. The van der Waals surface area contributed by atoms with Crippen molar-refractivity contribution in [2.24, 2.45) is 0 Å². The lowest BCUT2D eigenvalue weighted by molar-refractivity contribution is -0.127. The molecule has 27 heavy (non-hydrogen) atoms. The number of carbonyl (C=O) groups excluding carboxylic acids is 2. The van der Waals surface area contributed by atoms with E-state index in [9.17, 15) is 14.0 Å². The van der Waals surface area contributed by atoms with Crippen molar-refractivity contribution in [3.05, 3.63) is 47.4 Å². The normalized spacial score (nSPS) is 15.9. The highest BCUT2D eigenvalue weighted by Crippen LogP contribution is 2.35. The fourth-order valence-corrected chi connectivity index (χ4v) is 3.44. The van der Waals surface area contributed by atoms with E-state index in [-0.39, 0.29) is 24.8 Å². The Bertz CT molecular complexity index is 815. The first-order chi connectivity index (χ1) is 13.0. The van der Waals surface area contributed by atoms with Crippen LogP contribution in [0, 0.1) is 12.7 Å². The summed E-state index contributed by atoms with van der Waals surface area (Å²) in [4.78, 5) is 28.8. The van der Waals surface area contributed by atoms with Crippen LogP contribution in [0.15, 0.2) is 28.8 Å². The van der Waals surface area contributed by atoms with Crippen molar-refractivity contribution in [3.8, 4) is 0 Å². The van der Waals surface area contributed by atoms with Crippen LogP contribution in [0.2, 0.25) is 0 Å². The molecular formula is C19H23FN4O3. The van der Waals surface area contributed by atoms with Crippen LogP contribution in [0.5, 0.6) is 0 Å². The average Bonchev–Trinajstić information content (AvgIpc) is 3.08. The van der Waals surface area contributed by atoms with Gasteiger partial charge in [0.2, 0.25) is 17.7 Å². The van der Waals surface area contributed by atoms with Gasteiger partial charge in [0, 0.05) is 6.92 Å². The Morgan fingerprint density at radius 3 is 2.67 bits per heavy atom. The number of benzene rings is 1. The number of aromatic nitrogens is 2. The molecule has 1 aliphatic carbocycles. The Balaban J connectivity index is 1.57. The number of hydrogen-bond donors (Lipinski definition) is 2. The Labute approximate surface area is 156 Å². The molecular weight excluding hydrogens is 351 g/mol. The van der Waals surface area contributed by atoms with Gasteiger partial charge in [-0.15, -0.1) is 0 Å². The third-order valence-corrected chi connectivity index (χ3v) is 4.74. The van der Waals surface area contributed by atoms with Crippen molar-refractivity contribution >= 4 is 11.8 Å². The van der Waals surface area contributed by atoms with Gasteiger partial charge >= 0.3 is 0 Å². The van der Waals surface area contributed by atoms with Crippen molar-refractivity contribution in [1.82, 2.24) is 20.8 Å². The first kappa shape index (κ1) is 19.0. The molecule has 0 atom stereocenters. The van der Waals surface area contributed by atoms with Gasteiger partial charge in [-0.1, -0.05) is 36.6 Å². The summed E-state index contributed by atoms with van der Waals surface area (Å²) in [6.07, 6.45) is 4.49. The van der Waals surface area contributed by atoms with Crippen molar-refractivity contribution in [3.63, 3.8) is 0 Å². The molecule has 0 saturated heterocycles. The van der Waals surface area contributed by atoms with Crippen molar-refractivity contribution < 1.29 is 18.5 Å². The van der Waals surface area contributed by atoms with E-state index in [0.717, 1.165) is 32.1 Å². The molecule has 3 rings (SSSR count). The minimum atomic E-state index is -0.652. The molecule has 0 radical (unpaired) electrons. The van der Waals surface area contributed by atoms with Crippen LogP contribution in [0.3, 0.4) is 0 Å². The van der Waals surface area contributed by atoms with Crippen LogP contribution < -0.4 is 10.6 Å². The van der Waals surface area contributed by atoms with E-state index in [1.807, 2.05) is 0 Å². The van der Waals surface area contributed by atoms with E-state index in [4.69, 9.17) is 4.52 Å². The minimum Gasteiger partial charge on any atom is -0.347 e. The second kappa shape index (κ2) is 8.28. The zero-order chi connectivity index (χ0) is 19.3. The number of nitrogens with zero attached hydrogens (tertiary/aromatic N) is 2. The van der Waals surface area contributed by atoms with Crippen LogP contribution >= 0.6 is 0 Å². The summed E-state index contributed by atoms with van der Waals surface area (Å²) in [6, 6.07) is 5.83. The predicted octanol–water partition coefficient (Wildman–Crippen LogP) is 2.15. The van der Waals surface area contributed by atoms with Crippen LogP contribution in [-0.2, 0) is 21.5 Å². The largest absolute Gasteiger partial charge is 0.347 e. The lowest BCUT2D eigenvalue weighted by Gasteiger charge is -2.35. The molecule has 7 nitrogen and oxygen atoms in total. The van der Waals surface area contributed by atoms with E-state index < -0.39 is 11.4 Å². The predicted molar refractivity (Wildman–Crippen MR) is 95.1 cm³/mol. The fourth-order valence-electron chi connectivity index (χ4n) is 3.44. The molecule has 1 aromatic carbocycles. The summed E-state index contributed by atoms with van der Waals surface area (Å²) in [5.41, 5.74) is -0.0978. The number of amides is 2. The molecule has 0 spiro atoms. The Hall–Kier alpha value is -2.77. The summed E-state index contributed by atoms with van der Waals surface area (Å²) in [5, 5.41) is 9.57. The van der Waals surface area contributed by atoms with E-state index in [1.54, 1.807) is 19.1 Å². The van der Waals surface area contributed by atoms with Crippen molar-refractivity contribution in [1.29, 1.82) is 0 Å². The van der Waals surface area contributed by atoms with Gasteiger partial charge in [0.05, 0.1) is 13.0 Å². The SMILES string of the molecule is Cc1nc(C2(NC(=O)CNC(=O)Cc3cccc(F)c3)CCCCC2)no1. The summed E-state index contributed by atoms with van der Waals surface area (Å²) in [7, 11) is 0. The summed E-state index contributed by atoms with van der Waals surface area (Å²) < 4.78 is 18.3. The molecule has 1 heterocycles. The third-order valence-electron chi connectivity index (χ3n) is 4.74. The molecule has 1 saturated carbocycles. The van der Waals surface area contributed by atoms with Crippen molar-refractivity contribution in [2.75, 3.05) is 6.54 Å². The van der Waals surface area contributed by atoms with E-state index in [0.29, 0.717) is 17.3 Å². The number of carbonyl (C=O) groups is 2. The number of nitrogens with one attached hydrogen (secondary N) is 2. The number of aryl methyl sites for hydroxylation is 1. The van der Waals surface area contributed by atoms with Gasteiger partial charge in [-0.2, -0.15) is 4.98 Å². The highest BCUT2D eigenvalue weighted by molar-refractivity contribution is 5.86. The van der Waals surface area contributed by atoms with Gasteiger partial charge in [-0.25, -0.2) is 4.39 Å². The molecule has 1 fully saturated rings. The Kier molecular flexibility index (Phi) is 5.83. The first-order valence-electron chi connectivity index (χ1n) is 9.10. The number of rotatable bonds is 6. The van der Waals surface area contributed by atoms with Gasteiger partial charge in [0.1, 0.15) is 11.4 Å². The molecule has 0 bridgehead atoms. The molecule has 0 unspecified atom stereocenters. The lowest BCUT2D eigenvalue weighted by atomic mass is 9.81. The third kappa shape index (κ3) is 4.90. The summed E-state index contributed by atoms with van der Waals surface area (Å²) >= 11 is 0. The van der Waals surface area contributed by atoms with Gasteiger partial charge in [0.25, 0.3) is 0 Å². The maximum absolute atomic E-state index is 13.2. The highest BCUT2D eigenvalue weighted by Gasteiger charge is 2.39. The molecule has 1 aromatic heterocycles. The number of halogens is 1. The molecule has 2 N–H and O–H groups in total. The zero-order valence-electron chi connectivity index (χ0n) is 15.3. The second-order valence-corrected chi connectivity index (χ2v) is 6.91. The Morgan fingerprint density at radius 1 is 1.22 bits per heavy atom. The van der Waals surface area contributed by atoms with Gasteiger partial charge < -0.3 is 15.2 Å². The maximum atomic E-state index is 13.2. The second-order valence-electron chi connectivity index (χ2n) is 6.91. The summed E-state index contributed by atoms with van der Waals surface area (Å²) in [5.74, 6) is -0.116. The number of hydrogen-bond acceptors (Lipinski definition) is 5. The molecule has 144 valence electrons. The minimum absolute atomic E-state index is 0.0141. The van der Waals surface area contributed by atoms with Crippen LogP contribution in [0.4, 0.5) is 4.39 Å². The van der Waals surface area contributed by atoms with Crippen LogP contribution in [-0.4, -0.2) is 28.5 Å². The van der Waals surface area contributed by atoms with E-state index in [2.05, 4.69) is 20.8 Å². The van der Waals surface area contributed by atoms with Gasteiger partial charge in [0.15, 0.2) is 5.82 Å². The highest BCUT2D eigenvalue weighted by atomic mass is 19.1. The molecule has 2 amide bonds. The summed E-state index contributed by atoms with van der Waals surface area (Å²) in [6.45, 7) is 1.55. The van der Waals surface area contributed by atoms with Gasteiger partial charge in [-0.05, 0) is 30.5 Å². The monoisotopic (exact) mass is 374 g/mol. The van der Waals surface area contributed by atoms with Crippen LogP contribution in [0.1, 0.15) is 49.4 Å². The van der Waals surface area contributed by atoms with Gasteiger partial charge in [-0.3, -0.25) is 9.59 Å². The van der Waals surface area contributed by atoms with E-state index >= 15 is 0 Å². The molecule has 1 aliphatic rings. The quantitative estimate of drug-likeness (QED) is 0.808. The zero-order valence-corrected chi connectivity index (χ0v) is 15.3. The first-order valence-corrected chi connectivity index (χ1v) is 9.10. The standard InChI is InChI=1S/C19H23FN4O3/c1-13-22-18(24-27-13)19(8-3-2-4-9-19)23-17(26)12-21-16(25)11-14-6-5-7-15(20)10-14/h5-7,10H,2-4,8-9,11-12H2,1H3,(H,21,25)(H,23,26). The lowest BCUT2D eigenvalue weighted by Crippen LogP contribution is -2.51. The van der Waals surface area contributed by atoms with Crippen molar-refractivity contribution in [2.45, 2.75) is 51.0 Å². The fraction of sp³-hybridized carbons (Fsp3) is 0.474. The average molecular weight is 374 g/mol. The Morgan fingerprint density at radius 2 is 2.00 bits per heavy atom. The van der Waals surface area contributed by atoms with Crippen LogP contribution in [0.25, 0.3) is 0 Å². The smallest absolute Gasteiger partial charge is 0.240 e.